The summed E-state index contributed by atoms with van der Waals surface area (Å²) in [6.07, 6.45) is 0. The van der Waals surface area contributed by atoms with Crippen LogP contribution in [0.2, 0.25) is 0 Å². The third-order valence-electron chi connectivity index (χ3n) is 5.35. The van der Waals surface area contributed by atoms with E-state index in [1.165, 1.54) is 12.1 Å². The van der Waals surface area contributed by atoms with Crippen LogP contribution in [0.1, 0.15) is 23.2 Å². The zero-order chi connectivity index (χ0) is 21.4. The zero-order valence-corrected chi connectivity index (χ0v) is 17.1. The average molecular weight is 408 g/mol. The van der Waals surface area contributed by atoms with E-state index in [1.807, 2.05) is 35.4 Å². The summed E-state index contributed by atoms with van der Waals surface area (Å²) in [5, 5.41) is 10.8. The fourth-order valence-corrected chi connectivity index (χ4v) is 3.90. The lowest BCUT2D eigenvalue weighted by Gasteiger charge is -2.36. The van der Waals surface area contributed by atoms with Crippen molar-refractivity contribution in [3.63, 3.8) is 0 Å². The number of furan rings is 1. The second-order valence-corrected chi connectivity index (χ2v) is 7.73. The number of allylic oxidation sites excluding steroid dienone is 1. The molecule has 8 nitrogen and oxygen atoms in total. The summed E-state index contributed by atoms with van der Waals surface area (Å²) in [5.41, 5.74) is 4.18. The molecule has 0 saturated carbocycles. The normalized spacial score (nSPS) is 14.3. The van der Waals surface area contributed by atoms with E-state index in [9.17, 15) is 14.9 Å². The molecule has 1 aromatic carbocycles. The van der Waals surface area contributed by atoms with E-state index < -0.39 is 4.92 Å². The maximum atomic E-state index is 13.3. The van der Waals surface area contributed by atoms with Crippen molar-refractivity contribution < 1.29 is 14.1 Å². The van der Waals surface area contributed by atoms with Crippen molar-refractivity contribution in [3.8, 4) is 0 Å². The van der Waals surface area contributed by atoms with E-state index in [4.69, 9.17) is 4.42 Å². The Labute approximate surface area is 174 Å². The van der Waals surface area contributed by atoms with Gasteiger partial charge in [-0.1, -0.05) is 12.2 Å². The lowest BCUT2D eigenvalue weighted by atomic mass is 10.2. The second kappa shape index (κ2) is 7.70. The molecule has 8 heteroatoms. The Bertz CT molecular complexity index is 1120. The number of amides is 1. The molecule has 4 rings (SSSR count). The highest BCUT2D eigenvalue weighted by Gasteiger charge is 2.26. The van der Waals surface area contributed by atoms with Gasteiger partial charge in [0.2, 0.25) is 0 Å². The molecule has 156 valence electrons. The number of hydrogen-bond donors (Lipinski definition) is 0. The topological polar surface area (TPSA) is 84.8 Å². The van der Waals surface area contributed by atoms with Crippen LogP contribution in [0.5, 0.6) is 0 Å². The first-order chi connectivity index (χ1) is 14.3. The minimum absolute atomic E-state index is 0.0244. The fraction of sp³-hybridized carbons (Fsp3) is 0.318. The van der Waals surface area contributed by atoms with Gasteiger partial charge in [0.25, 0.3) is 11.6 Å². The molecule has 1 amide bonds. The summed E-state index contributed by atoms with van der Waals surface area (Å²) in [4.78, 5) is 27.7. The SMILES string of the molecule is C=C(C)Cn1c(C(=O)N2CCN(c3ccc([N+](=O)[O-])cc3)CC2)cc2oc(C)cc21. The van der Waals surface area contributed by atoms with E-state index in [1.54, 1.807) is 12.1 Å². The Hall–Kier alpha value is -3.55. The lowest BCUT2D eigenvalue weighted by Crippen LogP contribution is -2.49. The van der Waals surface area contributed by atoms with Gasteiger partial charge in [-0.3, -0.25) is 14.9 Å². The first-order valence-corrected chi connectivity index (χ1v) is 9.86. The quantitative estimate of drug-likeness (QED) is 0.362. The van der Waals surface area contributed by atoms with Gasteiger partial charge in [0.15, 0.2) is 5.58 Å². The van der Waals surface area contributed by atoms with E-state index in [0.717, 1.165) is 22.5 Å². The van der Waals surface area contributed by atoms with Gasteiger partial charge in [-0.25, -0.2) is 0 Å². The van der Waals surface area contributed by atoms with Gasteiger partial charge < -0.3 is 18.8 Å². The number of hydrogen-bond acceptors (Lipinski definition) is 5. The number of carbonyl (C=O) groups is 1. The van der Waals surface area contributed by atoms with Gasteiger partial charge in [0.05, 0.1) is 10.4 Å². The molecule has 3 heterocycles. The summed E-state index contributed by atoms with van der Waals surface area (Å²) < 4.78 is 7.70. The van der Waals surface area contributed by atoms with Crippen LogP contribution in [-0.4, -0.2) is 46.5 Å². The molecule has 0 spiro atoms. The Morgan fingerprint density at radius 3 is 2.43 bits per heavy atom. The standard InChI is InChI=1S/C22H24N4O4/c1-15(2)14-25-19-12-16(3)30-21(19)13-20(25)22(27)24-10-8-23(9-11-24)17-4-6-18(7-5-17)26(28)29/h4-7,12-13H,1,8-11,14H2,2-3H3. The van der Waals surface area contributed by atoms with Crippen LogP contribution in [0.15, 0.2) is 53.0 Å². The summed E-state index contributed by atoms with van der Waals surface area (Å²) in [6, 6.07) is 10.3. The molecule has 3 aromatic rings. The number of nitro groups is 1. The van der Waals surface area contributed by atoms with Crippen LogP contribution >= 0.6 is 0 Å². The Morgan fingerprint density at radius 1 is 1.17 bits per heavy atom. The second-order valence-electron chi connectivity index (χ2n) is 7.73. The number of piperazine rings is 1. The van der Waals surface area contributed by atoms with E-state index in [0.29, 0.717) is 44.0 Å². The monoisotopic (exact) mass is 408 g/mol. The molecule has 1 fully saturated rings. The fourth-order valence-electron chi connectivity index (χ4n) is 3.90. The van der Waals surface area contributed by atoms with Crippen LogP contribution in [-0.2, 0) is 6.54 Å². The summed E-state index contributed by atoms with van der Waals surface area (Å²) in [5.74, 6) is 0.787. The molecule has 0 bridgehead atoms. The van der Waals surface area contributed by atoms with E-state index in [2.05, 4.69) is 11.5 Å². The van der Waals surface area contributed by atoms with Crippen molar-refractivity contribution in [2.45, 2.75) is 20.4 Å². The maximum Gasteiger partial charge on any atom is 0.270 e. The number of rotatable bonds is 5. The number of anilines is 1. The average Bonchev–Trinajstić information content (AvgIpc) is 3.24. The third-order valence-corrected chi connectivity index (χ3v) is 5.35. The predicted octanol–water partition coefficient (Wildman–Crippen LogP) is 3.99. The molecule has 0 aliphatic carbocycles. The number of non-ortho nitro benzene ring substituents is 1. The number of nitro benzene ring substituents is 1. The number of aromatic nitrogens is 1. The number of benzene rings is 1. The smallest absolute Gasteiger partial charge is 0.270 e. The predicted molar refractivity (Wildman–Crippen MR) is 115 cm³/mol. The molecule has 0 N–H and O–H groups in total. The van der Waals surface area contributed by atoms with Crippen molar-refractivity contribution in [2.24, 2.45) is 0 Å². The van der Waals surface area contributed by atoms with Gasteiger partial charge in [0.1, 0.15) is 11.5 Å². The van der Waals surface area contributed by atoms with Gasteiger partial charge in [-0.15, -0.1) is 0 Å². The van der Waals surface area contributed by atoms with Crippen molar-refractivity contribution in [3.05, 3.63) is 70.1 Å². The molecule has 2 aromatic heterocycles. The van der Waals surface area contributed by atoms with Crippen molar-refractivity contribution in [2.75, 3.05) is 31.1 Å². The molecular weight excluding hydrogens is 384 g/mol. The van der Waals surface area contributed by atoms with Gasteiger partial charge in [-0.2, -0.15) is 0 Å². The summed E-state index contributed by atoms with van der Waals surface area (Å²) in [7, 11) is 0. The minimum atomic E-state index is -0.405. The van der Waals surface area contributed by atoms with Crippen LogP contribution in [0.3, 0.4) is 0 Å². The molecule has 30 heavy (non-hydrogen) atoms. The van der Waals surface area contributed by atoms with E-state index >= 15 is 0 Å². The molecular formula is C22H24N4O4. The highest BCUT2D eigenvalue weighted by atomic mass is 16.6. The Kier molecular flexibility index (Phi) is 5.07. The Balaban J connectivity index is 1.50. The van der Waals surface area contributed by atoms with Crippen LogP contribution < -0.4 is 4.90 Å². The Morgan fingerprint density at radius 2 is 1.83 bits per heavy atom. The van der Waals surface area contributed by atoms with Gasteiger partial charge in [0, 0.05) is 62.7 Å². The van der Waals surface area contributed by atoms with Gasteiger partial charge >= 0.3 is 0 Å². The van der Waals surface area contributed by atoms with Gasteiger partial charge in [-0.05, 0) is 26.0 Å². The van der Waals surface area contributed by atoms with Crippen molar-refractivity contribution in [1.82, 2.24) is 9.47 Å². The molecule has 1 saturated heterocycles. The summed E-state index contributed by atoms with van der Waals surface area (Å²) in [6.45, 7) is 10.9. The lowest BCUT2D eigenvalue weighted by molar-refractivity contribution is -0.384. The summed E-state index contributed by atoms with van der Waals surface area (Å²) >= 11 is 0. The number of aryl methyl sites for hydroxylation is 1. The van der Waals surface area contributed by atoms with Crippen LogP contribution in [0.4, 0.5) is 11.4 Å². The highest BCUT2D eigenvalue weighted by molar-refractivity contribution is 5.98. The van der Waals surface area contributed by atoms with Crippen molar-refractivity contribution in [1.29, 1.82) is 0 Å². The maximum absolute atomic E-state index is 13.3. The highest BCUT2D eigenvalue weighted by Crippen LogP contribution is 2.26. The largest absolute Gasteiger partial charge is 0.460 e. The zero-order valence-electron chi connectivity index (χ0n) is 17.1. The van der Waals surface area contributed by atoms with Crippen LogP contribution in [0.25, 0.3) is 11.1 Å². The minimum Gasteiger partial charge on any atom is -0.460 e. The number of carbonyl (C=O) groups excluding carboxylic acids is 1. The van der Waals surface area contributed by atoms with Crippen molar-refractivity contribution >= 4 is 28.4 Å². The van der Waals surface area contributed by atoms with Crippen LogP contribution in [0, 0.1) is 17.0 Å². The molecule has 0 radical (unpaired) electrons. The first kappa shape index (κ1) is 19.8. The first-order valence-electron chi connectivity index (χ1n) is 9.86. The molecule has 1 aliphatic rings. The molecule has 0 unspecified atom stereocenters. The number of nitrogens with zero attached hydrogens (tertiary/aromatic N) is 4. The number of fused-ring (bicyclic) bond motifs is 1. The molecule has 1 aliphatic heterocycles. The third kappa shape index (κ3) is 3.68. The van der Waals surface area contributed by atoms with E-state index in [-0.39, 0.29) is 11.6 Å². The molecule has 0 atom stereocenters.